The molecule has 1 fully saturated rings. The van der Waals surface area contributed by atoms with Gasteiger partial charge in [-0.2, -0.15) is 0 Å². The molecule has 0 atom stereocenters. The molecule has 0 radical (unpaired) electrons. The van der Waals surface area contributed by atoms with Crippen LogP contribution >= 0.6 is 11.6 Å². The van der Waals surface area contributed by atoms with Gasteiger partial charge in [-0.1, -0.05) is 17.7 Å². The third-order valence-corrected chi connectivity index (χ3v) is 6.00. The van der Waals surface area contributed by atoms with Gasteiger partial charge in [0, 0.05) is 61.6 Å². The van der Waals surface area contributed by atoms with Crippen LogP contribution in [0.5, 0.6) is 0 Å². The van der Waals surface area contributed by atoms with Crippen molar-refractivity contribution in [2.45, 2.75) is 6.92 Å². The highest BCUT2D eigenvalue weighted by Gasteiger charge is 2.26. The summed E-state index contributed by atoms with van der Waals surface area (Å²) in [5.41, 5.74) is 3.97. The van der Waals surface area contributed by atoms with E-state index < -0.39 is 12.8 Å². The number of carbonyl (C=O) groups excluding carboxylic acids is 2. The Balaban J connectivity index is 1.53. The van der Waals surface area contributed by atoms with Crippen molar-refractivity contribution in [2.24, 2.45) is 7.05 Å². The van der Waals surface area contributed by atoms with E-state index in [0.717, 1.165) is 22.3 Å². The summed E-state index contributed by atoms with van der Waals surface area (Å²) < 4.78 is 19.0. The van der Waals surface area contributed by atoms with Crippen LogP contribution in [-0.4, -0.2) is 70.8 Å². The van der Waals surface area contributed by atoms with Crippen LogP contribution in [0.25, 0.3) is 22.2 Å². The summed E-state index contributed by atoms with van der Waals surface area (Å²) in [5.74, 6) is -0.137. The molecule has 0 spiro atoms. The number of nitrogens with zero attached hydrogens (tertiary/aromatic N) is 4. The zero-order chi connectivity index (χ0) is 22.8. The number of aromatic nitrogens is 2. The molecular weight excluding hydrogens is 435 g/mol. The number of aryl methyl sites for hydroxylation is 2. The fourth-order valence-corrected chi connectivity index (χ4v) is 4.04. The molecule has 1 aliphatic rings. The van der Waals surface area contributed by atoms with Gasteiger partial charge >= 0.3 is 6.09 Å². The Bertz CT molecular complexity index is 1150. The number of carbonyl (C=O) groups is 2. The highest BCUT2D eigenvalue weighted by atomic mass is 35.5. The molecule has 1 aliphatic heterocycles. The average molecular weight is 459 g/mol. The van der Waals surface area contributed by atoms with Crippen molar-refractivity contribution < 1.29 is 18.7 Å². The Kier molecular flexibility index (Phi) is 6.32. The molecule has 1 saturated heterocycles. The maximum atomic E-state index is 13.1. The second kappa shape index (κ2) is 9.16. The number of halogens is 2. The molecule has 2 aromatic heterocycles. The summed E-state index contributed by atoms with van der Waals surface area (Å²) >= 11 is 6.51. The molecule has 3 heterocycles. The average Bonchev–Trinajstić information content (AvgIpc) is 3.14. The molecular formula is C23H24ClFN4O3. The lowest BCUT2D eigenvalue weighted by atomic mass is 10.1. The van der Waals surface area contributed by atoms with Crippen molar-refractivity contribution >= 4 is 34.5 Å². The maximum absolute atomic E-state index is 13.1. The zero-order valence-corrected chi connectivity index (χ0v) is 18.7. The molecule has 2 amide bonds. The molecule has 7 nitrogen and oxygen atoms in total. The van der Waals surface area contributed by atoms with Crippen molar-refractivity contribution in [3.63, 3.8) is 0 Å². The van der Waals surface area contributed by atoms with E-state index in [9.17, 15) is 14.0 Å². The lowest BCUT2D eigenvalue weighted by Gasteiger charge is -2.34. The minimum Gasteiger partial charge on any atom is -0.447 e. The molecule has 0 aliphatic carbocycles. The first kappa shape index (κ1) is 22.1. The van der Waals surface area contributed by atoms with E-state index in [0.29, 0.717) is 42.3 Å². The first-order chi connectivity index (χ1) is 15.4. The number of fused-ring (bicyclic) bond motifs is 1. The van der Waals surface area contributed by atoms with Crippen molar-refractivity contribution in [3.8, 4) is 11.3 Å². The predicted octanol–water partition coefficient (Wildman–Crippen LogP) is 4.07. The van der Waals surface area contributed by atoms with Gasteiger partial charge in [0.1, 0.15) is 13.3 Å². The van der Waals surface area contributed by atoms with Gasteiger partial charge < -0.3 is 19.1 Å². The van der Waals surface area contributed by atoms with Crippen molar-refractivity contribution in [2.75, 3.05) is 39.5 Å². The fourth-order valence-electron chi connectivity index (χ4n) is 3.77. The number of pyridine rings is 1. The quantitative estimate of drug-likeness (QED) is 0.591. The first-order valence-electron chi connectivity index (χ1n) is 10.4. The summed E-state index contributed by atoms with van der Waals surface area (Å²) in [5, 5.41) is 1.35. The molecule has 168 valence electrons. The van der Waals surface area contributed by atoms with Crippen LogP contribution in [0.2, 0.25) is 5.02 Å². The van der Waals surface area contributed by atoms with E-state index in [2.05, 4.69) is 0 Å². The third kappa shape index (κ3) is 4.41. The van der Waals surface area contributed by atoms with Gasteiger partial charge in [0.15, 0.2) is 0 Å². The highest BCUT2D eigenvalue weighted by molar-refractivity contribution is 6.35. The summed E-state index contributed by atoms with van der Waals surface area (Å²) in [6.45, 7) is 2.48. The van der Waals surface area contributed by atoms with E-state index in [-0.39, 0.29) is 12.5 Å². The predicted molar refractivity (Wildman–Crippen MR) is 121 cm³/mol. The van der Waals surface area contributed by atoms with Crippen molar-refractivity contribution in [1.29, 1.82) is 0 Å². The third-order valence-electron chi connectivity index (χ3n) is 5.68. The summed E-state index contributed by atoms with van der Waals surface area (Å²) in [6.07, 6.45) is 1.44. The standard InChI is InChI=1S/C23H24ClFN4O3/c1-15-11-17(14-27(15)2)20-13-19(24)18-4-3-16(12-21(18)26-20)22(30)28-6-8-29(9-7-28)23(31)32-10-5-25/h3-4,11-14H,5-10H2,1-2H3. The number of alkyl halides is 1. The van der Waals surface area contributed by atoms with Crippen LogP contribution in [0.4, 0.5) is 9.18 Å². The van der Waals surface area contributed by atoms with E-state index in [1.807, 2.05) is 42.9 Å². The molecule has 3 aromatic rings. The van der Waals surface area contributed by atoms with Gasteiger partial charge in [-0.05, 0) is 31.2 Å². The lowest BCUT2D eigenvalue weighted by Crippen LogP contribution is -2.50. The zero-order valence-electron chi connectivity index (χ0n) is 18.0. The van der Waals surface area contributed by atoms with E-state index in [1.165, 1.54) is 4.90 Å². The Morgan fingerprint density at radius 1 is 1.12 bits per heavy atom. The highest BCUT2D eigenvalue weighted by Crippen LogP contribution is 2.30. The normalized spacial score (nSPS) is 14.1. The van der Waals surface area contributed by atoms with E-state index in [4.69, 9.17) is 21.3 Å². The van der Waals surface area contributed by atoms with Crippen LogP contribution < -0.4 is 0 Å². The number of rotatable bonds is 4. The monoisotopic (exact) mass is 458 g/mol. The summed E-state index contributed by atoms with van der Waals surface area (Å²) in [4.78, 5) is 32.8. The van der Waals surface area contributed by atoms with Gasteiger partial charge in [-0.25, -0.2) is 14.2 Å². The second-order valence-electron chi connectivity index (χ2n) is 7.78. The van der Waals surface area contributed by atoms with E-state index in [1.54, 1.807) is 17.0 Å². The first-order valence-corrected chi connectivity index (χ1v) is 10.8. The smallest absolute Gasteiger partial charge is 0.409 e. The Morgan fingerprint density at radius 3 is 2.50 bits per heavy atom. The number of amides is 2. The van der Waals surface area contributed by atoms with Gasteiger partial charge in [-0.3, -0.25) is 4.79 Å². The number of benzene rings is 1. The SMILES string of the molecule is Cc1cc(-c2cc(Cl)c3ccc(C(=O)N4CCN(C(=O)OCCF)CC4)cc3n2)cn1C. The summed E-state index contributed by atoms with van der Waals surface area (Å²) in [6, 6.07) is 9.18. The minimum atomic E-state index is -0.712. The Morgan fingerprint density at radius 2 is 1.84 bits per heavy atom. The number of ether oxygens (including phenoxy) is 1. The fraction of sp³-hybridized carbons (Fsp3) is 0.348. The lowest BCUT2D eigenvalue weighted by molar-refractivity contribution is 0.0548. The van der Waals surface area contributed by atoms with Gasteiger partial charge in [0.05, 0.1) is 16.2 Å². The molecule has 9 heteroatoms. The maximum Gasteiger partial charge on any atom is 0.409 e. The molecule has 0 saturated carbocycles. The molecule has 4 rings (SSSR count). The van der Waals surface area contributed by atoms with Crippen molar-refractivity contribution in [1.82, 2.24) is 19.4 Å². The largest absolute Gasteiger partial charge is 0.447 e. The number of hydrogen-bond acceptors (Lipinski definition) is 4. The van der Waals surface area contributed by atoms with Crippen LogP contribution in [0.1, 0.15) is 16.1 Å². The molecule has 0 unspecified atom stereocenters. The van der Waals surface area contributed by atoms with E-state index >= 15 is 0 Å². The Hall–Kier alpha value is -3.13. The molecule has 32 heavy (non-hydrogen) atoms. The Labute approximate surface area is 190 Å². The van der Waals surface area contributed by atoms with Crippen molar-refractivity contribution in [3.05, 3.63) is 52.8 Å². The van der Waals surface area contributed by atoms with Gasteiger partial charge in [0.2, 0.25) is 0 Å². The summed E-state index contributed by atoms with van der Waals surface area (Å²) in [7, 11) is 1.97. The molecule has 0 N–H and O–H groups in total. The van der Waals surface area contributed by atoms with Crippen LogP contribution in [0, 0.1) is 6.92 Å². The van der Waals surface area contributed by atoms with Crippen LogP contribution in [0.3, 0.4) is 0 Å². The molecule has 1 aromatic carbocycles. The van der Waals surface area contributed by atoms with Crippen LogP contribution in [0.15, 0.2) is 36.5 Å². The molecule has 0 bridgehead atoms. The van der Waals surface area contributed by atoms with Gasteiger partial charge in [-0.15, -0.1) is 0 Å². The van der Waals surface area contributed by atoms with Crippen LogP contribution in [-0.2, 0) is 11.8 Å². The second-order valence-corrected chi connectivity index (χ2v) is 8.19. The minimum absolute atomic E-state index is 0.137. The van der Waals surface area contributed by atoms with Gasteiger partial charge in [0.25, 0.3) is 5.91 Å². The number of piperazine rings is 1. The number of hydrogen-bond donors (Lipinski definition) is 0. The topological polar surface area (TPSA) is 67.7 Å².